The molecule has 1 aliphatic carbocycles. The maximum Gasteiger partial charge on any atom is 0.490 e. The fraction of sp³-hybridized carbons (Fsp3) is 0.462. The van der Waals surface area contributed by atoms with E-state index in [1.165, 1.54) is 11.6 Å². The number of carboxylic acids is 1. The average molecular weight is 558 g/mol. The van der Waals surface area contributed by atoms with E-state index in [1.807, 2.05) is 6.07 Å². The van der Waals surface area contributed by atoms with E-state index in [0.29, 0.717) is 13.2 Å². The Labute approximate surface area is 221 Å². The van der Waals surface area contributed by atoms with E-state index in [4.69, 9.17) is 19.4 Å². The number of ether oxygens (including phenoxy) is 2. The molecule has 39 heavy (non-hydrogen) atoms. The van der Waals surface area contributed by atoms with E-state index in [1.54, 1.807) is 0 Å². The van der Waals surface area contributed by atoms with Crippen molar-refractivity contribution in [2.24, 2.45) is 0 Å². The lowest BCUT2D eigenvalue weighted by Crippen LogP contribution is -2.52. The van der Waals surface area contributed by atoms with Gasteiger partial charge < -0.3 is 30.1 Å². The number of carbonyl (C=O) groups excluding carboxylic acids is 1. The number of hydrogen-bond donors (Lipinski definition) is 3. The molecule has 3 N–H and O–H groups in total. The number of anilines is 1. The van der Waals surface area contributed by atoms with Crippen molar-refractivity contribution in [2.45, 2.75) is 49.4 Å². The van der Waals surface area contributed by atoms with Crippen LogP contribution in [0.5, 0.6) is 11.5 Å². The third-order valence-corrected chi connectivity index (χ3v) is 7.40. The highest BCUT2D eigenvalue weighted by atomic mass is 19.4. The molecule has 2 aromatic carbocycles. The average Bonchev–Trinajstić information content (AvgIpc) is 3.22. The topological polar surface area (TPSA) is 100 Å². The molecule has 2 aliphatic heterocycles. The molecule has 2 amide bonds. The molecule has 13 heteroatoms. The number of fused-ring (bicyclic) bond motifs is 2. The Morgan fingerprint density at radius 2 is 1.72 bits per heavy atom. The van der Waals surface area contributed by atoms with Gasteiger partial charge in [-0.25, -0.2) is 18.4 Å². The second-order valence-corrected chi connectivity index (χ2v) is 9.76. The summed E-state index contributed by atoms with van der Waals surface area (Å²) in [7, 11) is 2.13. The van der Waals surface area contributed by atoms with Crippen molar-refractivity contribution in [3.8, 4) is 11.5 Å². The second kappa shape index (κ2) is 11.2. The fourth-order valence-electron chi connectivity index (χ4n) is 5.53. The van der Waals surface area contributed by atoms with Crippen molar-refractivity contribution >= 4 is 17.7 Å². The lowest BCUT2D eigenvalue weighted by molar-refractivity contribution is -0.192. The van der Waals surface area contributed by atoms with E-state index in [9.17, 15) is 26.7 Å². The van der Waals surface area contributed by atoms with Crippen molar-refractivity contribution in [2.75, 3.05) is 32.1 Å². The molecule has 3 unspecified atom stereocenters. The van der Waals surface area contributed by atoms with Gasteiger partial charge >= 0.3 is 18.2 Å². The number of urea groups is 1. The van der Waals surface area contributed by atoms with Gasteiger partial charge in [0.2, 0.25) is 0 Å². The second-order valence-electron chi connectivity index (χ2n) is 9.76. The maximum absolute atomic E-state index is 13.4. The SMILES string of the molecule is CN1CCC2(c3ccc4c(c3)OCCO4)CCC(NC(=O)Nc3ccc(F)c(F)c3)CC12.O=C(O)C(F)(F)F. The van der Waals surface area contributed by atoms with Crippen LogP contribution in [0.3, 0.4) is 0 Å². The number of rotatable bonds is 3. The molecular weight excluding hydrogens is 529 g/mol. The molecule has 0 bridgehead atoms. The van der Waals surface area contributed by atoms with Crippen LogP contribution in [0.15, 0.2) is 36.4 Å². The van der Waals surface area contributed by atoms with Gasteiger partial charge in [0.25, 0.3) is 0 Å². The standard InChI is InChI=1S/C24H27F2N3O3.C2HF3O2/c1-29-9-8-24(15-2-5-20-21(12-15)32-11-10-31-20)7-6-17(14-22(24)29)28-23(30)27-16-3-4-18(25)19(26)13-16;3-2(4,5)1(6)7/h2-5,12-13,17,22H,6-11,14H2,1H3,(H2,27,28,30);(H,6,7). The number of likely N-dealkylation sites (tertiary alicyclic amines) is 1. The molecule has 2 aromatic rings. The molecule has 0 aromatic heterocycles. The molecule has 8 nitrogen and oxygen atoms in total. The van der Waals surface area contributed by atoms with Gasteiger partial charge in [-0.05, 0) is 69.1 Å². The number of carbonyl (C=O) groups is 2. The summed E-state index contributed by atoms with van der Waals surface area (Å²) in [4.78, 5) is 23.7. The minimum Gasteiger partial charge on any atom is -0.486 e. The van der Waals surface area contributed by atoms with Gasteiger partial charge in [-0.1, -0.05) is 6.07 Å². The van der Waals surface area contributed by atoms with Crippen LogP contribution < -0.4 is 20.1 Å². The summed E-state index contributed by atoms with van der Waals surface area (Å²) in [5.41, 5.74) is 1.50. The lowest BCUT2D eigenvalue weighted by atomic mass is 9.65. The van der Waals surface area contributed by atoms with E-state index in [-0.39, 0.29) is 23.2 Å². The zero-order chi connectivity index (χ0) is 28.4. The number of halogens is 5. The Morgan fingerprint density at radius 3 is 2.38 bits per heavy atom. The third kappa shape index (κ3) is 6.35. The summed E-state index contributed by atoms with van der Waals surface area (Å²) in [6, 6.07) is 9.49. The van der Waals surface area contributed by atoms with Crippen molar-refractivity contribution < 1.29 is 46.1 Å². The molecule has 1 saturated heterocycles. The highest BCUT2D eigenvalue weighted by Crippen LogP contribution is 2.50. The summed E-state index contributed by atoms with van der Waals surface area (Å²) in [6.45, 7) is 2.13. The summed E-state index contributed by atoms with van der Waals surface area (Å²) in [5, 5.41) is 12.7. The first-order valence-electron chi connectivity index (χ1n) is 12.3. The zero-order valence-electron chi connectivity index (χ0n) is 21.0. The van der Waals surface area contributed by atoms with Gasteiger partial charge in [0.15, 0.2) is 23.1 Å². The molecule has 1 saturated carbocycles. The zero-order valence-corrected chi connectivity index (χ0v) is 21.0. The third-order valence-electron chi connectivity index (χ3n) is 7.40. The Morgan fingerprint density at radius 1 is 1.03 bits per heavy atom. The number of carboxylic acid groups (broad SMARTS) is 1. The Balaban J connectivity index is 0.000000448. The number of nitrogens with zero attached hydrogens (tertiary/aromatic N) is 1. The van der Waals surface area contributed by atoms with Gasteiger partial charge in [0, 0.05) is 29.3 Å². The number of nitrogens with one attached hydrogen (secondary N) is 2. The van der Waals surface area contributed by atoms with Crippen LogP contribution in [0, 0.1) is 11.6 Å². The van der Waals surface area contributed by atoms with Crippen LogP contribution in [0.25, 0.3) is 0 Å². The number of likely N-dealkylation sites (N-methyl/N-ethyl adjacent to an activating group) is 1. The van der Waals surface area contributed by atoms with Crippen molar-refractivity contribution in [3.63, 3.8) is 0 Å². The largest absolute Gasteiger partial charge is 0.490 e. The summed E-state index contributed by atoms with van der Waals surface area (Å²) in [5.74, 6) is -3.08. The highest BCUT2D eigenvalue weighted by Gasteiger charge is 2.50. The van der Waals surface area contributed by atoms with Gasteiger partial charge in [-0.15, -0.1) is 0 Å². The van der Waals surface area contributed by atoms with Crippen molar-refractivity contribution in [1.82, 2.24) is 10.2 Å². The van der Waals surface area contributed by atoms with Crippen LogP contribution in [-0.2, 0) is 10.2 Å². The van der Waals surface area contributed by atoms with Gasteiger partial charge in [-0.2, -0.15) is 13.2 Å². The molecule has 3 atom stereocenters. The smallest absolute Gasteiger partial charge is 0.486 e. The normalized spacial score (nSPS) is 24.2. The number of aliphatic carboxylic acids is 1. The van der Waals surface area contributed by atoms with E-state index < -0.39 is 29.8 Å². The summed E-state index contributed by atoms with van der Waals surface area (Å²) in [6.07, 6.45) is -1.43. The van der Waals surface area contributed by atoms with Crippen LogP contribution >= 0.6 is 0 Å². The predicted octanol–water partition coefficient (Wildman–Crippen LogP) is 4.69. The number of alkyl halides is 3. The van der Waals surface area contributed by atoms with E-state index in [2.05, 4.69) is 34.7 Å². The fourth-order valence-corrected chi connectivity index (χ4v) is 5.53. The predicted molar refractivity (Wildman–Crippen MR) is 130 cm³/mol. The molecule has 212 valence electrons. The molecule has 0 radical (unpaired) electrons. The highest BCUT2D eigenvalue weighted by molar-refractivity contribution is 5.89. The summed E-state index contributed by atoms with van der Waals surface area (Å²) >= 11 is 0. The van der Waals surface area contributed by atoms with Gasteiger partial charge in [0.1, 0.15) is 13.2 Å². The molecule has 0 spiro atoms. The minimum absolute atomic E-state index is 0.00354. The molecule has 2 heterocycles. The first kappa shape index (κ1) is 28.4. The lowest BCUT2D eigenvalue weighted by Gasteiger charge is -2.45. The molecular formula is C26H28F5N3O5. The molecule has 5 rings (SSSR count). The summed E-state index contributed by atoms with van der Waals surface area (Å²) < 4.78 is 69.8. The first-order chi connectivity index (χ1) is 18.4. The Kier molecular flexibility index (Phi) is 8.19. The van der Waals surface area contributed by atoms with Crippen molar-refractivity contribution in [3.05, 3.63) is 53.6 Å². The monoisotopic (exact) mass is 557 g/mol. The number of hydrogen-bond acceptors (Lipinski definition) is 5. The maximum atomic E-state index is 13.4. The Bertz CT molecular complexity index is 1230. The minimum atomic E-state index is -5.08. The Hall–Kier alpha value is -3.61. The van der Waals surface area contributed by atoms with Gasteiger partial charge in [-0.3, -0.25) is 0 Å². The van der Waals surface area contributed by atoms with Gasteiger partial charge in [0.05, 0.1) is 0 Å². The number of amides is 2. The van der Waals surface area contributed by atoms with E-state index >= 15 is 0 Å². The van der Waals surface area contributed by atoms with Crippen LogP contribution in [0.2, 0.25) is 0 Å². The number of benzene rings is 2. The van der Waals surface area contributed by atoms with Crippen molar-refractivity contribution in [1.29, 1.82) is 0 Å². The van der Waals surface area contributed by atoms with Crippen LogP contribution in [0.1, 0.15) is 31.2 Å². The quantitative estimate of drug-likeness (QED) is 0.474. The molecule has 2 fully saturated rings. The van der Waals surface area contributed by atoms with Crippen LogP contribution in [-0.4, -0.2) is 67.1 Å². The van der Waals surface area contributed by atoms with Crippen LogP contribution in [0.4, 0.5) is 32.4 Å². The first-order valence-corrected chi connectivity index (χ1v) is 12.3. The molecule has 3 aliphatic rings. The van der Waals surface area contributed by atoms with E-state index in [0.717, 1.165) is 55.9 Å².